The van der Waals surface area contributed by atoms with Crippen molar-refractivity contribution < 1.29 is 24.0 Å². The van der Waals surface area contributed by atoms with Crippen molar-refractivity contribution in [3.05, 3.63) is 40.5 Å². The van der Waals surface area contributed by atoms with Gasteiger partial charge in [0.2, 0.25) is 0 Å². The van der Waals surface area contributed by atoms with Crippen molar-refractivity contribution in [3.8, 4) is 5.75 Å². The van der Waals surface area contributed by atoms with Crippen LogP contribution < -0.4 is 9.64 Å². The number of carbonyl (C=O) groups excluding carboxylic acids is 2. The summed E-state index contributed by atoms with van der Waals surface area (Å²) in [6, 6.07) is 4.06. The number of nitrogens with zero attached hydrogens (tertiary/aromatic N) is 2. The van der Waals surface area contributed by atoms with Crippen molar-refractivity contribution in [3.63, 3.8) is 0 Å². The first-order chi connectivity index (χ1) is 11.2. The molecule has 0 spiro atoms. The first kappa shape index (κ1) is 17.5. The zero-order chi connectivity index (χ0) is 17.9. The fraction of sp³-hybridized carbons (Fsp3) is 0.375. The Morgan fingerprint density at radius 3 is 2.75 bits per heavy atom. The molecule has 1 amide bonds. The van der Waals surface area contributed by atoms with Crippen LogP contribution in [-0.2, 0) is 14.3 Å². The molecule has 0 aromatic heterocycles. The van der Waals surface area contributed by atoms with Gasteiger partial charge in [-0.25, -0.2) is 4.79 Å². The number of carbonyl (C=O) groups is 2. The van der Waals surface area contributed by atoms with Crippen molar-refractivity contribution in [2.24, 2.45) is 0 Å². The lowest BCUT2D eigenvalue weighted by Gasteiger charge is -2.39. The molecular weight excluding hydrogens is 316 g/mol. The summed E-state index contributed by atoms with van der Waals surface area (Å²) >= 11 is 0. The van der Waals surface area contributed by atoms with Gasteiger partial charge in [-0.2, -0.15) is 0 Å². The number of rotatable bonds is 4. The van der Waals surface area contributed by atoms with Crippen molar-refractivity contribution in [2.45, 2.75) is 26.4 Å². The van der Waals surface area contributed by atoms with E-state index in [1.54, 1.807) is 20.8 Å². The number of ether oxygens (including phenoxy) is 2. The minimum absolute atomic E-state index is 0.149. The van der Waals surface area contributed by atoms with Crippen LogP contribution in [0.2, 0.25) is 0 Å². The Balaban J connectivity index is 2.35. The van der Waals surface area contributed by atoms with Crippen LogP contribution in [0.25, 0.3) is 0 Å². The summed E-state index contributed by atoms with van der Waals surface area (Å²) in [5, 5.41) is 11.0. The van der Waals surface area contributed by atoms with E-state index >= 15 is 0 Å². The van der Waals surface area contributed by atoms with Gasteiger partial charge in [-0.3, -0.25) is 14.9 Å². The molecule has 0 N–H and O–H groups in total. The first-order valence-electron chi connectivity index (χ1n) is 7.37. The molecule has 2 rings (SSSR count). The van der Waals surface area contributed by atoms with E-state index in [9.17, 15) is 19.7 Å². The lowest BCUT2D eigenvalue weighted by atomic mass is 10.0. The van der Waals surface area contributed by atoms with E-state index in [2.05, 4.69) is 0 Å². The number of nitro groups is 1. The maximum absolute atomic E-state index is 12.4. The highest BCUT2D eigenvalue weighted by molar-refractivity contribution is 6.05. The zero-order valence-corrected chi connectivity index (χ0v) is 13.6. The largest absolute Gasteiger partial charge is 0.484 e. The van der Waals surface area contributed by atoms with Gasteiger partial charge in [-0.15, -0.1) is 0 Å². The third kappa shape index (κ3) is 3.89. The van der Waals surface area contributed by atoms with Crippen LogP contribution in [0.15, 0.2) is 30.4 Å². The van der Waals surface area contributed by atoms with Gasteiger partial charge in [0, 0.05) is 24.3 Å². The van der Waals surface area contributed by atoms with E-state index in [1.165, 1.54) is 23.1 Å². The van der Waals surface area contributed by atoms with E-state index in [0.29, 0.717) is 11.4 Å². The van der Waals surface area contributed by atoms with Gasteiger partial charge < -0.3 is 14.4 Å². The summed E-state index contributed by atoms with van der Waals surface area (Å²) in [6.07, 6.45) is 2.12. The van der Waals surface area contributed by atoms with E-state index in [0.717, 1.165) is 12.2 Å². The average Bonchev–Trinajstić information content (AvgIpc) is 2.50. The minimum atomic E-state index is -0.670. The molecule has 1 heterocycles. The molecule has 1 aromatic rings. The molecule has 0 atom stereocenters. The van der Waals surface area contributed by atoms with E-state index in [1.807, 2.05) is 0 Å². The number of nitro benzene ring substituents is 1. The quantitative estimate of drug-likeness (QED) is 0.362. The Hall–Kier alpha value is -2.90. The van der Waals surface area contributed by atoms with E-state index in [4.69, 9.17) is 9.47 Å². The molecule has 8 nitrogen and oxygen atoms in total. The number of fused-ring (bicyclic) bond motifs is 1. The third-order valence-corrected chi connectivity index (χ3v) is 3.28. The third-order valence-electron chi connectivity index (χ3n) is 3.28. The smallest absolute Gasteiger partial charge is 0.330 e. The molecular formula is C16H18N2O6. The van der Waals surface area contributed by atoms with Crippen LogP contribution in [-0.4, -0.2) is 35.6 Å². The number of amides is 1. The Kier molecular flexibility index (Phi) is 4.87. The molecule has 0 saturated heterocycles. The second-order valence-electron chi connectivity index (χ2n) is 5.78. The summed E-state index contributed by atoms with van der Waals surface area (Å²) in [4.78, 5) is 35.6. The van der Waals surface area contributed by atoms with Crippen molar-refractivity contribution in [1.29, 1.82) is 0 Å². The molecule has 8 heteroatoms. The minimum Gasteiger partial charge on any atom is -0.484 e. The molecule has 128 valence electrons. The van der Waals surface area contributed by atoms with Crippen molar-refractivity contribution in [1.82, 2.24) is 0 Å². The van der Waals surface area contributed by atoms with Crippen LogP contribution in [0.5, 0.6) is 5.75 Å². The van der Waals surface area contributed by atoms with Gasteiger partial charge in [-0.1, -0.05) is 0 Å². The number of non-ortho nitro benzene ring substituents is 1. The molecule has 0 unspecified atom stereocenters. The Labute approximate surface area is 138 Å². The summed E-state index contributed by atoms with van der Waals surface area (Å²) in [6.45, 7) is 5.65. The molecule has 0 saturated carbocycles. The lowest BCUT2D eigenvalue weighted by molar-refractivity contribution is -0.384. The van der Waals surface area contributed by atoms with Gasteiger partial charge >= 0.3 is 5.97 Å². The lowest BCUT2D eigenvalue weighted by Crippen LogP contribution is -2.49. The number of benzene rings is 1. The van der Waals surface area contributed by atoms with Gasteiger partial charge in [0.25, 0.3) is 11.6 Å². The van der Waals surface area contributed by atoms with Crippen LogP contribution in [0.1, 0.15) is 20.8 Å². The summed E-state index contributed by atoms with van der Waals surface area (Å²) in [7, 11) is 0. The van der Waals surface area contributed by atoms with Gasteiger partial charge in [0.15, 0.2) is 0 Å². The molecule has 24 heavy (non-hydrogen) atoms. The first-order valence-corrected chi connectivity index (χ1v) is 7.37. The molecule has 0 radical (unpaired) electrons. The van der Waals surface area contributed by atoms with Crippen LogP contribution in [0, 0.1) is 10.1 Å². The maximum Gasteiger partial charge on any atom is 0.330 e. The molecule has 1 aromatic carbocycles. The summed E-state index contributed by atoms with van der Waals surface area (Å²) in [5.41, 5.74) is -0.525. The highest BCUT2D eigenvalue weighted by Crippen LogP contribution is 2.39. The number of anilines is 1. The predicted molar refractivity (Wildman–Crippen MR) is 85.9 cm³/mol. The normalized spacial score (nSPS) is 15.5. The second-order valence-corrected chi connectivity index (χ2v) is 5.78. The molecule has 1 aliphatic rings. The predicted octanol–water partition coefficient (Wildman–Crippen LogP) is 2.22. The van der Waals surface area contributed by atoms with Gasteiger partial charge in [0.1, 0.15) is 11.4 Å². The Morgan fingerprint density at radius 1 is 1.42 bits per heavy atom. The second kappa shape index (κ2) is 6.69. The van der Waals surface area contributed by atoms with Gasteiger partial charge in [0.05, 0.1) is 23.8 Å². The number of esters is 1. The summed E-state index contributed by atoms with van der Waals surface area (Å²) in [5.74, 6) is -0.742. The number of hydrogen-bond donors (Lipinski definition) is 0. The standard InChI is InChI=1S/C16H18N2O6/c1-4-23-15(20)8-7-14(19)17-10-16(2,3)24-13-6-5-11(18(21)22)9-12(13)17/h5-9H,4,10H2,1-3H3. The highest BCUT2D eigenvalue weighted by atomic mass is 16.6. The Bertz CT molecular complexity index is 711. The molecule has 0 bridgehead atoms. The van der Waals surface area contributed by atoms with Gasteiger partial charge in [-0.05, 0) is 26.8 Å². The molecule has 0 fully saturated rings. The van der Waals surface area contributed by atoms with Crippen LogP contribution >= 0.6 is 0 Å². The van der Waals surface area contributed by atoms with E-state index in [-0.39, 0.29) is 18.8 Å². The van der Waals surface area contributed by atoms with E-state index < -0.39 is 22.4 Å². The zero-order valence-electron chi connectivity index (χ0n) is 13.6. The van der Waals surface area contributed by atoms with Crippen LogP contribution in [0.4, 0.5) is 11.4 Å². The fourth-order valence-corrected chi connectivity index (χ4v) is 2.33. The maximum atomic E-state index is 12.4. The summed E-state index contributed by atoms with van der Waals surface area (Å²) < 4.78 is 10.5. The van der Waals surface area contributed by atoms with Crippen molar-refractivity contribution in [2.75, 3.05) is 18.1 Å². The molecule has 0 aliphatic carbocycles. The molecule has 1 aliphatic heterocycles. The topological polar surface area (TPSA) is 99.0 Å². The Morgan fingerprint density at radius 2 is 2.12 bits per heavy atom. The highest BCUT2D eigenvalue weighted by Gasteiger charge is 2.35. The average molecular weight is 334 g/mol. The fourth-order valence-electron chi connectivity index (χ4n) is 2.33. The van der Waals surface area contributed by atoms with Crippen molar-refractivity contribution >= 4 is 23.3 Å². The SMILES string of the molecule is CCOC(=O)C=CC(=O)N1CC(C)(C)Oc2ccc([N+](=O)[O-])cc21. The number of hydrogen-bond acceptors (Lipinski definition) is 6. The van der Waals surface area contributed by atoms with Crippen LogP contribution in [0.3, 0.4) is 0 Å². The monoisotopic (exact) mass is 334 g/mol.